The summed E-state index contributed by atoms with van der Waals surface area (Å²) >= 11 is 0. The summed E-state index contributed by atoms with van der Waals surface area (Å²) in [5, 5.41) is 9.65. The van der Waals surface area contributed by atoms with Gasteiger partial charge in [-0.15, -0.1) is 0 Å². The van der Waals surface area contributed by atoms with Gasteiger partial charge in [0.2, 0.25) is 0 Å². The molecule has 0 bridgehead atoms. The van der Waals surface area contributed by atoms with Gasteiger partial charge in [-0.1, -0.05) is 13.8 Å². The van der Waals surface area contributed by atoms with E-state index in [0.717, 1.165) is 19.5 Å². The van der Waals surface area contributed by atoms with E-state index < -0.39 is 0 Å². The molecule has 0 aromatic rings. The molecule has 0 radical (unpaired) electrons. The fourth-order valence-corrected chi connectivity index (χ4v) is 2.23. The van der Waals surface area contributed by atoms with Crippen LogP contribution in [0.2, 0.25) is 0 Å². The van der Waals surface area contributed by atoms with E-state index in [-0.39, 0.29) is 30.0 Å². The molecule has 0 aliphatic carbocycles. The highest BCUT2D eigenvalue weighted by atomic mass is 16.5. The highest BCUT2D eigenvalue weighted by molar-refractivity contribution is 5.72. The minimum atomic E-state index is -0.197. The van der Waals surface area contributed by atoms with Crippen LogP contribution in [0.1, 0.15) is 27.2 Å². The molecule has 94 valence electrons. The van der Waals surface area contributed by atoms with Gasteiger partial charge in [0.05, 0.1) is 19.1 Å². The van der Waals surface area contributed by atoms with Crippen LogP contribution in [0, 0.1) is 11.8 Å². The molecular weight excluding hydrogens is 206 g/mol. The predicted molar refractivity (Wildman–Crippen MR) is 62.0 cm³/mol. The van der Waals surface area contributed by atoms with Crippen LogP contribution in [0.15, 0.2) is 0 Å². The topological polar surface area (TPSA) is 49.8 Å². The molecule has 1 aliphatic heterocycles. The Bertz CT molecular complexity index is 244. The lowest BCUT2D eigenvalue weighted by Gasteiger charge is -2.39. The minimum absolute atomic E-state index is 0.118. The molecule has 1 saturated heterocycles. The lowest BCUT2D eigenvalue weighted by molar-refractivity contribution is -0.147. The zero-order chi connectivity index (χ0) is 12.3. The molecule has 0 aromatic carbocycles. The Labute approximate surface area is 97.6 Å². The molecule has 4 heteroatoms. The molecule has 4 atom stereocenters. The number of esters is 1. The number of methoxy groups -OCH3 is 1. The Kier molecular flexibility index (Phi) is 4.74. The van der Waals surface area contributed by atoms with Gasteiger partial charge in [0.15, 0.2) is 0 Å². The molecule has 1 N–H and O–H groups in total. The van der Waals surface area contributed by atoms with Gasteiger partial charge in [0, 0.05) is 19.1 Å². The predicted octanol–water partition coefficient (Wildman–Crippen LogP) is 0.887. The number of hydrogen-bond donors (Lipinski definition) is 1. The third kappa shape index (κ3) is 2.95. The standard InChI is InChI=1S/C12H23NO3/c1-8-7-13(6-5-11(8)14)10(3)9(2)12(15)16-4/h8-11,14H,5-7H2,1-4H3. The number of rotatable bonds is 3. The van der Waals surface area contributed by atoms with Crippen molar-refractivity contribution >= 4 is 5.97 Å². The number of aliphatic hydroxyl groups is 1. The number of nitrogens with zero attached hydrogens (tertiary/aromatic N) is 1. The van der Waals surface area contributed by atoms with E-state index in [9.17, 15) is 9.90 Å². The maximum atomic E-state index is 11.4. The van der Waals surface area contributed by atoms with Gasteiger partial charge in [0.25, 0.3) is 0 Å². The van der Waals surface area contributed by atoms with Crippen molar-refractivity contribution in [2.24, 2.45) is 11.8 Å². The molecule has 1 aliphatic rings. The number of carbonyl (C=O) groups is 1. The lowest BCUT2D eigenvalue weighted by Crippen LogP contribution is -2.49. The smallest absolute Gasteiger partial charge is 0.309 e. The number of hydrogen-bond acceptors (Lipinski definition) is 4. The molecule has 4 unspecified atom stereocenters. The van der Waals surface area contributed by atoms with Crippen LogP contribution in [0.25, 0.3) is 0 Å². The van der Waals surface area contributed by atoms with Crippen molar-refractivity contribution in [2.75, 3.05) is 20.2 Å². The van der Waals surface area contributed by atoms with E-state index in [1.54, 1.807) is 0 Å². The molecule has 0 spiro atoms. The Morgan fingerprint density at radius 3 is 2.62 bits per heavy atom. The average molecular weight is 229 g/mol. The van der Waals surface area contributed by atoms with Crippen LogP contribution < -0.4 is 0 Å². The zero-order valence-electron chi connectivity index (χ0n) is 10.6. The summed E-state index contributed by atoms with van der Waals surface area (Å²) in [6.07, 6.45) is 0.594. The number of carbonyl (C=O) groups excluding carboxylic acids is 1. The third-order valence-electron chi connectivity index (χ3n) is 3.76. The first-order valence-corrected chi connectivity index (χ1v) is 5.97. The van der Waals surface area contributed by atoms with Gasteiger partial charge >= 0.3 is 5.97 Å². The quantitative estimate of drug-likeness (QED) is 0.730. The number of ether oxygens (including phenoxy) is 1. The highest BCUT2D eigenvalue weighted by Crippen LogP contribution is 2.22. The summed E-state index contributed by atoms with van der Waals surface area (Å²) in [6, 6.07) is 0.169. The Morgan fingerprint density at radius 2 is 2.12 bits per heavy atom. The van der Waals surface area contributed by atoms with Gasteiger partial charge in [-0.25, -0.2) is 0 Å². The first-order chi connectivity index (χ1) is 7.47. The molecule has 1 heterocycles. The van der Waals surface area contributed by atoms with Crippen molar-refractivity contribution in [3.63, 3.8) is 0 Å². The Morgan fingerprint density at radius 1 is 1.50 bits per heavy atom. The van der Waals surface area contributed by atoms with Crippen LogP contribution in [-0.4, -0.2) is 48.3 Å². The number of aliphatic hydroxyl groups excluding tert-OH is 1. The van der Waals surface area contributed by atoms with Crippen molar-refractivity contribution in [3.05, 3.63) is 0 Å². The zero-order valence-corrected chi connectivity index (χ0v) is 10.6. The van der Waals surface area contributed by atoms with Crippen molar-refractivity contribution in [2.45, 2.75) is 39.3 Å². The van der Waals surface area contributed by atoms with Crippen LogP contribution >= 0.6 is 0 Å². The first-order valence-electron chi connectivity index (χ1n) is 5.97. The molecular formula is C12H23NO3. The number of likely N-dealkylation sites (tertiary alicyclic amines) is 1. The molecule has 1 rings (SSSR count). The van der Waals surface area contributed by atoms with E-state index in [1.165, 1.54) is 7.11 Å². The Hall–Kier alpha value is -0.610. The van der Waals surface area contributed by atoms with Gasteiger partial charge in [-0.2, -0.15) is 0 Å². The first kappa shape index (κ1) is 13.5. The molecule has 4 nitrogen and oxygen atoms in total. The molecule has 0 aromatic heterocycles. The maximum absolute atomic E-state index is 11.4. The maximum Gasteiger partial charge on any atom is 0.309 e. The molecule has 0 saturated carbocycles. The highest BCUT2D eigenvalue weighted by Gasteiger charge is 2.31. The van der Waals surface area contributed by atoms with Crippen LogP contribution in [0.5, 0.6) is 0 Å². The van der Waals surface area contributed by atoms with Gasteiger partial charge in [-0.3, -0.25) is 9.69 Å². The molecule has 1 fully saturated rings. The van der Waals surface area contributed by atoms with E-state index in [4.69, 9.17) is 4.74 Å². The summed E-state index contributed by atoms with van der Waals surface area (Å²) in [7, 11) is 1.42. The summed E-state index contributed by atoms with van der Waals surface area (Å²) in [5.41, 5.74) is 0. The molecule has 0 amide bonds. The van der Waals surface area contributed by atoms with Crippen molar-refractivity contribution in [1.29, 1.82) is 0 Å². The van der Waals surface area contributed by atoms with Crippen molar-refractivity contribution in [3.8, 4) is 0 Å². The normalized spacial score (nSPS) is 30.8. The van der Waals surface area contributed by atoms with E-state index in [2.05, 4.69) is 4.90 Å². The number of piperidine rings is 1. The average Bonchev–Trinajstić information content (AvgIpc) is 2.29. The van der Waals surface area contributed by atoms with Crippen LogP contribution in [0.4, 0.5) is 0 Å². The summed E-state index contributed by atoms with van der Waals surface area (Å²) in [4.78, 5) is 13.7. The minimum Gasteiger partial charge on any atom is -0.469 e. The second kappa shape index (κ2) is 5.64. The lowest BCUT2D eigenvalue weighted by atomic mass is 9.93. The summed E-state index contributed by atoms with van der Waals surface area (Å²) < 4.78 is 4.76. The monoisotopic (exact) mass is 229 g/mol. The summed E-state index contributed by atoms with van der Waals surface area (Å²) in [5.74, 6) is -0.000218. The van der Waals surface area contributed by atoms with E-state index >= 15 is 0 Å². The van der Waals surface area contributed by atoms with Crippen molar-refractivity contribution in [1.82, 2.24) is 4.90 Å². The Balaban J connectivity index is 2.54. The third-order valence-corrected chi connectivity index (χ3v) is 3.76. The van der Waals surface area contributed by atoms with Gasteiger partial charge < -0.3 is 9.84 Å². The van der Waals surface area contributed by atoms with E-state index in [1.807, 2.05) is 20.8 Å². The van der Waals surface area contributed by atoms with Gasteiger partial charge in [0.1, 0.15) is 0 Å². The van der Waals surface area contributed by atoms with Gasteiger partial charge in [-0.05, 0) is 19.3 Å². The SMILES string of the molecule is COC(=O)C(C)C(C)N1CCC(O)C(C)C1. The van der Waals surface area contributed by atoms with Crippen LogP contribution in [0.3, 0.4) is 0 Å². The fraction of sp³-hybridized carbons (Fsp3) is 0.917. The largest absolute Gasteiger partial charge is 0.469 e. The van der Waals surface area contributed by atoms with E-state index in [0.29, 0.717) is 0 Å². The second-order valence-electron chi connectivity index (χ2n) is 4.88. The van der Waals surface area contributed by atoms with Crippen molar-refractivity contribution < 1.29 is 14.6 Å². The fourth-order valence-electron chi connectivity index (χ4n) is 2.23. The van der Waals surface area contributed by atoms with Crippen LogP contribution in [-0.2, 0) is 9.53 Å². The molecule has 16 heavy (non-hydrogen) atoms. The second-order valence-corrected chi connectivity index (χ2v) is 4.88. The summed E-state index contributed by atoms with van der Waals surface area (Å²) in [6.45, 7) is 7.70.